The van der Waals surface area contributed by atoms with Gasteiger partial charge in [-0.2, -0.15) is 0 Å². The number of anilines is 1. The van der Waals surface area contributed by atoms with E-state index in [1.807, 2.05) is 54.6 Å². The summed E-state index contributed by atoms with van der Waals surface area (Å²) < 4.78 is 0. The first-order valence-electron chi connectivity index (χ1n) is 6.87. The molecule has 0 amide bonds. The molecule has 0 saturated carbocycles. The Hall–Kier alpha value is -2.00. The molecule has 0 heterocycles. The standard InChI is InChI=1S/C17H18ClNO2/c1-13(14-7-9-15(18)10-8-14)19(12-11-17(20)21)16-5-3-2-4-6-16/h2-10,13H,11-12H2,1H3,(H,20,21). The molecule has 1 N–H and O–H groups in total. The molecule has 0 aliphatic carbocycles. The van der Waals surface area contributed by atoms with Crippen molar-refractivity contribution >= 4 is 23.3 Å². The third kappa shape index (κ3) is 4.23. The smallest absolute Gasteiger partial charge is 0.305 e. The Labute approximate surface area is 129 Å². The zero-order valence-electron chi connectivity index (χ0n) is 11.9. The van der Waals surface area contributed by atoms with E-state index in [4.69, 9.17) is 16.7 Å². The van der Waals surface area contributed by atoms with Gasteiger partial charge in [-0.15, -0.1) is 0 Å². The Morgan fingerprint density at radius 1 is 1.14 bits per heavy atom. The maximum atomic E-state index is 10.9. The average molecular weight is 304 g/mol. The van der Waals surface area contributed by atoms with Crippen molar-refractivity contribution in [3.8, 4) is 0 Å². The summed E-state index contributed by atoms with van der Waals surface area (Å²) in [6.45, 7) is 2.53. The third-order valence-corrected chi connectivity index (χ3v) is 3.73. The van der Waals surface area contributed by atoms with Crippen LogP contribution in [0, 0.1) is 0 Å². The first-order valence-corrected chi connectivity index (χ1v) is 7.24. The zero-order chi connectivity index (χ0) is 15.2. The lowest BCUT2D eigenvalue weighted by Gasteiger charge is -2.31. The van der Waals surface area contributed by atoms with Gasteiger partial charge in [-0.25, -0.2) is 0 Å². The van der Waals surface area contributed by atoms with E-state index in [1.54, 1.807) is 0 Å². The number of carboxylic acids is 1. The number of carboxylic acid groups (broad SMARTS) is 1. The monoisotopic (exact) mass is 303 g/mol. The van der Waals surface area contributed by atoms with E-state index in [9.17, 15) is 4.79 Å². The topological polar surface area (TPSA) is 40.5 Å². The summed E-state index contributed by atoms with van der Waals surface area (Å²) >= 11 is 5.92. The molecule has 0 aliphatic heterocycles. The number of nitrogens with zero attached hydrogens (tertiary/aromatic N) is 1. The summed E-state index contributed by atoms with van der Waals surface area (Å²) in [5, 5.41) is 9.65. The largest absolute Gasteiger partial charge is 0.481 e. The number of para-hydroxylation sites is 1. The van der Waals surface area contributed by atoms with Crippen LogP contribution in [0.1, 0.15) is 24.9 Å². The first kappa shape index (κ1) is 15.4. The van der Waals surface area contributed by atoms with Gasteiger partial charge in [-0.05, 0) is 36.8 Å². The molecule has 21 heavy (non-hydrogen) atoms. The predicted octanol–water partition coefficient (Wildman–Crippen LogP) is 4.38. The lowest BCUT2D eigenvalue weighted by atomic mass is 10.1. The highest BCUT2D eigenvalue weighted by molar-refractivity contribution is 6.30. The lowest BCUT2D eigenvalue weighted by Crippen LogP contribution is -2.29. The quantitative estimate of drug-likeness (QED) is 0.861. The number of hydrogen-bond donors (Lipinski definition) is 1. The van der Waals surface area contributed by atoms with Crippen molar-refractivity contribution in [2.75, 3.05) is 11.4 Å². The molecule has 4 heteroatoms. The Morgan fingerprint density at radius 2 is 1.76 bits per heavy atom. The SMILES string of the molecule is CC(c1ccc(Cl)cc1)N(CCC(=O)O)c1ccccc1. The molecular weight excluding hydrogens is 286 g/mol. The third-order valence-electron chi connectivity index (χ3n) is 3.47. The van der Waals surface area contributed by atoms with Crippen LogP contribution in [0.15, 0.2) is 54.6 Å². The second-order valence-corrected chi connectivity index (χ2v) is 5.34. The van der Waals surface area contributed by atoms with Crippen LogP contribution in [0.3, 0.4) is 0 Å². The fraction of sp³-hybridized carbons (Fsp3) is 0.235. The number of halogens is 1. The van der Waals surface area contributed by atoms with Gasteiger partial charge in [0.15, 0.2) is 0 Å². The van der Waals surface area contributed by atoms with Crippen LogP contribution in [-0.4, -0.2) is 17.6 Å². The van der Waals surface area contributed by atoms with Gasteiger partial charge < -0.3 is 10.0 Å². The molecule has 0 bridgehead atoms. The molecule has 2 rings (SSSR count). The minimum Gasteiger partial charge on any atom is -0.481 e. The van der Waals surface area contributed by atoms with Crippen LogP contribution in [0.4, 0.5) is 5.69 Å². The van der Waals surface area contributed by atoms with Gasteiger partial charge in [0.25, 0.3) is 0 Å². The fourth-order valence-corrected chi connectivity index (χ4v) is 2.43. The molecule has 0 saturated heterocycles. The molecule has 1 atom stereocenters. The van der Waals surface area contributed by atoms with Gasteiger partial charge in [0, 0.05) is 17.3 Å². The van der Waals surface area contributed by atoms with Crippen LogP contribution >= 0.6 is 11.6 Å². The summed E-state index contributed by atoms with van der Waals surface area (Å²) in [6.07, 6.45) is 0.104. The van der Waals surface area contributed by atoms with Gasteiger partial charge in [0.1, 0.15) is 0 Å². The molecule has 1 unspecified atom stereocenters. The molecule has 0 radical (unpaired) electrons. The number of hydrogen-bond acceptors (Lipinski definition) is 2. The minimum absolute atomic E-state index is 0.0732. The molecule has 0 spiro atoms. The first-order chi connectivity index (χ1) is 10.1. The molecular formula is C17H18ClNO2. The van der Waals surface area contributed by atoms with E-state index in [1.165, 1.54) is 0 Å². The van der Waals surface area contributed by atoms with Gasteiger partial charge in [-0.3, -0.25) is 4.79 Å². The fourth-order valence-electron chi connectivity index (χ4n) is 2.30. The summed E-state index contributed by atoms with van der Waals surface area (Å²) in [7, 11) is 0. The summed E-state index contributed by atoms with van der Waals surface area (Å²) in [6, 6.07) is 17.6. The minimum atomic E-state index is -0.792. The Balaban J connectivity index is 2.25. The number of carbonyl (C=O) groups is 1. The molecule has 3 nitrogen and oxygen atoms in total. The van der Waals surface area contributed by atoms with Crippen molar-refractivity contribution in [2.45, 2.75) is 19.4 Å². The van der Waals surface area contributed by atoms with E-state index in [2.05, 4.69) is 11.8 Å². The number of aliphatic carboxylic acids is 1. The van der Waals surface area contributed by atoms with Crippen molar-refractivity contribution in [1.29, 1.82) is 0 Å². The maximum Gasteiger partial charge on any atom is 0.305 e. The van der Waals surface area contributed by atoms with Crippen LogP contribution < -0.4 is 4.90 Å². The molecule has 2 aromatic rings. The number of benzene rings is 2. The summed E-state index contributed by atoms with van der Waals surface area (Å²) in [5.74, 6) is -0.792. The van der Waals surface area contributed by atoms with Crippen LogP contribution in [0.25, 0.3) is 0 Å². The Bertz CT molecular complexity index is 583. The highest BCUT2D eigenvalue weighted by Crippen LogP contribution is 2.27. The van der Waals surface area contributed by atoms with Crippen molar-refractivity contribution in [2.24, 2.45) is 0 Å². The van der Waals surface area contributed by atoms with Crippen molar-refractivity contribution in [1.82, 2.24) is 0 Å². The Morgan fingerprint density at radius 3 is 2.33 bits per heavy atom. The van der Waals surface area contributed by atoms with Crippen molar-refractivity contribution in [3.05, 3.63) is 65.2 Å². The normalized spacial score (nSPS) is 11.9. The van der Waals surface area contributed by atoms with Crippen LogP contribution in [0.2, 0.25) is 5.02 Å². The lowest BCUT2D eigenvalue weighted by molar-refractivity contribution is -0.136. The van der Waals surface area contributed by atoms with E-state index in [0.29, 0.717) is 11.6 Å². The number of rotatable bonds is 6. The van der Waals surface area contributed by atoms with Crippen molar-refractivity contribution in [3.63, 3.8) is 0 Å². The Kier molecular flexibility index (Phi) is 5.23. The van der Waals surface area contributed by atoms with Gasteiger partial charge in [0.2, 0.25) is 0 Å². The highest BCUT2D eigenvalue weighted by atomic mass is 35.5. The van der Waals surface area contributed by atoms with Gasteiger partial charge in [0.05, 0.1) is 12.5 Å². The molecule has 0 aromatic heterocycles. The van der Waals surface area contributed by atoms with E-state index >= 15 is 0 Å². The molecule has 0 aliphatic rings. The van der Waals surface area contributed by atoms with Crippen LogP contribution in [-0.2, 0) is 4.79 Å². The molecule has 0 fully saturated rings. The summed E-state index contributed by atoms with van der Waals surface area (Å²) in [4.78, 5) is 13.0. The van der Waals surface area contributed by atoms with Gasteiger partial charge >= 0.3 is 5.97 Å². The highest BCUT2D eigenvalue weighted by Gasteiger charge is 2.17. The average Bonchev–Trinajstić information content (AvgIpc) is 2.49. The second kappa shape index (κ2) is 7.14. The molecule has 110 valence electrons. The zero-order valence-corrected chi connectivity index (χ0v) is 12.6. The van der Waals surface area contributed by atoms with E-state index in [-0.39, 0.29) is 12.5 Å². The summed E-state index contributed by atoms with van der Waals surface area (Å²) in [5.41, 5.74) is 2.12. The van der Waals surface area contributed by atoms with E-state index in [0.717, 1.165) is 11.3 Å². The van der Waals surface area contributed by atoms with E-state index < -0.39 is 5.97 Å². The maximum absolute atomic E-state index is 10.9. The van der Waals surface area contributed by atoms with Crippen molar-refractivity contribution < 1.29 is 9.90 Å². The van der Waals surface area contributed by atoms with Crippen LogP contribution in [0.5, 0.6) is 0 Å². The van der Waals surface area contributed by atoms with Gasteiger partial charge in [-0.1, -0.05) is 41.9 Å². The second-order valence-electron chi connectivity index (χ2n) is 4.90. The predicted molar refractivity (Wildman–Crippen MR) is 85.9 cm³/mol. The molecule has 2 aromatic carbocycles.